The van der Waals surface area contributed by atoms with E-state index in [1.165, 1.54) is 49.9 Å². The van der Waals surface area contributed by atoms with Gasteiger partial charge in [-0.05, 0) is 80.7 Å². The van der Waals surface area contributed by atoms with Crippen molar-refractivity contribution in [1.29, 1.82) is 5.41 Å². The van der Waals surface area contributed by atoms with Crippen LogP contribution in [-0.4, -0.2) is 53.4 Å². The number of nitrogens with one attached hydrogen (secondary N) is 2. The number of amides is 1. The summed E-state index contributed by atoms with van der Waals surface area (Å²) in [4.78, 5) is 19.7. The first-order valence-corrected chi connectivity index (χ1v) is 15.5. The van der Waals surface area contributed by atoms with Crippen molar-refractivity contribution >= 4 is 23.5 Å². The van der Waals surface area contributed by atoms with Crippen molar-refractivity contribution in [2.24, 2.45) is 29.1 Å². The fourth-order valence-electron chi connectivity index (χ4n) is 8.32. The molecule has 2 heterocycles. The molecule has 4 aliphatic rings. The Labute approximate surface area is 220 Å². The van der Waals surface area contributed by atoms with Gasteiger partial charge in [0.1, 0.15) is 11.9 Å². The molecule has 1 aromatic rings. The zero-order chi connectivity index (χ0) is 25.1. The van der Waals surface area contributed by atoms with E-state index in [4.69, 9.17) is 5.41 Å². The molecule has 4 fully saturated rings. The number of hydrogen-bond acceptors (Lipinski definition) is 5. The highest BCUT2D eigenvalue weighted by atomic mass is 32.1. The van der Waals surface area contributed by atoms with Gasteiger partial charge in [0.2, 0.25) is 0 Å². The summed E-state index contributed by atoms with van der Waals surface area (Å²) in [7, 11) is 0. The molecule has 5 nitrogen and oxygen atoms in total. The van der Waals surface area contributed by atoms with Gasteiger partial charge in [-0.25, -0.2) is 9.37 Å². The van der Waals surface area contributed by atoms with Gasteiger partial charge in [-0.1, -0.05) is 39.0 Å². The fraction of sp³-hybridized carbons (Fsp3) is 0.828. The van der Waals surface area contributed by atoms with Gasteiger partial charge >= 0.3 is 0 Å². The summed E-state index contributed by atoms with van der Waals surface area (Å²) in [5.41, 5.74) is 2.49. The molecule has 200 valence electrons. The Hall–Kier alpha value is -1.34. The molecule has 0 bridgehead atoms. The maximum absolute atomic E-state index is 13.7. The van der Waals surface area contributed by atoms with Crippen LogP contribution in [0.1, 0.15) is 101 Å². The van der Waals surface area contributed by atoms with Gasteiger partial charge in [-0.15, -0.1) is 11.3 Å². The SMILES string of the molecule is CC1CC(NC2CCC(F)CC2)C(C=N)CC1C1(CC2CCCCC2)CCN(C(=O)c2cscn2)C1. The monoisotopic (exact) mass is 516 g/mol. The van der Waals surface area contributed by atoms with E-state index in [0.29, 0.717) is 42.5 Å². The summed E-state index contributed by atoms with van der Waals surface area (Å²) >= 11 is 1.49. The Balaban J connectivity index is 1.32. The number of nitrogens with zero attached hydrogens (tertiary/aromatic N) is 2. The van der Waals surface area contributed by atoms with Gasteiger partial charge in [0.05, 0.1) is 5.51 Å². The summed E-state index contributed by atoms with van der Waals surface area (Å²) in [5, 5.41) is 14.1. The Morgan fingerprint density at radius 1 is 1.22 bits per heavy atom. The van der Waals surface area contributed by atoms with Crippen LogP contribution in [-0.2, 0) is 0 Å². The van der Waals surface area contributed by atoms with Crippen LogP contribution in [0.5, 0.6) is 0 Å². The lowest BCUT2D eigenvalue weighted by Crippen LogP contribution is -2.52. The van der Waals surface area contributed by atoms with Crippen LogP contribution < -0.4 is 5.32 Å². The van der Waals surface area contributed by atoms with E-state index in [-0.39, 0.29) is 17.2 Å². The number of rotatable bonds is 7. The van der Waals surface area contributed by atoms with E-state index in [1.807, 2.05) is 5.38 Å². The van der Waals surface area contributed by atoms with Crippen LogP contribution in [0.15, 0.2) is 10.9 Å². The number of aromatic nitrogens is 1. The topological polar surface area (TPSA) is 69.1 Å². The molecule has 0 aromatic carbocycles. The van der Waals surface area contributed by atoms with Crippen LogP contribution in [0.2, 0.25) is 0 Å². The highest BCUT2D eigenvalue weighted by Gasteiger charge is 2.51. The molecule has 5 atom stereocenters. The van der Waals surface area contributed by atoms with Crippen molar-refractivity contribution in [3.05, 3.63) is 16.6 Å². The quantitative estimate of drug-likeness (QED) is 0.407. The molecule has 1 saturated heterocycles. The highest BCUT2D eigenvalue weighted by Crippen LogP contribution is 2.53. The van der Waals surface area contributed by atoms with Gasteiger partial charge in [0.15, 0.2) is 0 Å². The van der Waals surface area contributed by atoms with Crippen LogP contribution in [0, 0.1) is 34.5 Å². The second kappa shape index (κ2) is 11.6. The smallest absolute Gasteiger partial charge is 0.273 e. The van der Waals surface area contributed by atoms with Crippen molar-refractivity contribution < 1.29 is 9.18 Å². The Kier molecular flexibility index (Phi) is 8.46. The molecule has 36 heavy (non-hydrogen) atoms. The van der Waals surface area contributed by atoms with Crippen LogP contribution in [0.25, 0.3) is 0 Å². The van der Waals surface area contributed by atoms with E-state index in [0.717, 1.165) is 51.1 Å². The minimum atomic E-state index is -0.631. The van der Waals surface area contributed by atoms with Crippen molar-refractivity contribution in [2.75, 3.05) is 13.1 Å². The lowest BCUT2D eigenvalue weighted by molar-refractivity contribution is 0.0216. The van der Waals surface area contributed by atoms with Gasteiger partial charge in [0, 0.05) is 36.5 Å². The van der Waals surface area contributed by atoms with E-state index >= 15 is 0 Å². The second-order valence-electron chi connectivity index (χ2n) is 12.5. The predicted molar refractivity (Wildman–Crippen MR) is 144 cm³/mol. The number of likely N-dealkylation sites (tertiary alicyclic amines) is 1. The van der Waals surface area contributed by atoms with Crippen LogP contribution in [0.3, 0.4) is 0 Å². The highest BCUT2D eigenvalue weighted by molar-refractivity contribution is 7.07. The molecule has 1 aromatic heterocycles. The summed E-state index contributed by atoms with van der Waals surface area (Å²) in [6.45, 7) is 4.10. The van der Waals surface area contributed by atoms with Crippen molar-refractivity contribution in [3.63, 3.8) is 0 Å². The first kappa shape index (κ1) is 26.3. The summed E-state index contributed by atoms with van der Waals surface area (Å²) in [6.07, 6.45) is 15.4. The first-order chi connectivity index (χ1) is 17.5. The molecular weight excluding hydrogens is 471 g/mol. The van der Waals surface area contributed by atoms with E-state index in [1.54, 1.807) is 11.7 Å². The average Bonchev–Trinajstić information content (AvgIpc) is 3.57. The zero-order valence-corrected chi connectivity index (χ0v) is 22.8. The molecule has 1 aliphatic heterocycles. The van der Waals surface area contributed by atoms with E-state index in [2.05, 4.69) is 22.1 Å². The second-order valence-corrected chi connectivity index (χ2v) is 13.2. The molecular formula is C29H45FN4OS. The molecule has 0 radical (unpaired) electrons. The molecule has 2 N–H and O–H groups in total. The Bertz CT molecular complexity index is 867. The van der Waals surface area contributed by atoms with Crippen molar-refractivity contribution in [3.8, 4) is 0 Å². The largest absolute Gasteiger partial charge is 0.337 e. The zero-order valence-electron chi connectivity index (χ0n) is 22.0. The molecule has 0 spiro atoms. The summed E-state index contributed by atoms with van der Waals surface area (Å²) < 4.78 is 13.7. The van der Waals surface area contributed by atoms with Gasteiger partial charge in [0.25, 0.3) is 5.91 Å². The van der Waals surface area contributed by atoms with Crippen LogP contribution in [0.4, 0.5) is 4.39 Å². The molecule has 1 amide bonds. The van der Waals surface area contributed by atoms with Gasteiger partial charge in [-0.2, -0.15) is 0 Å². The molecule has 5 rings (SSSR count). The summed E-state index contributed by atoms with van der Waals surface area (Å²) in [5.74, 6) is 2.16. The Morgan fingerprint density at radius 2 is 2.00 bits per heavy atom. The summed E-state index contributed by atoms with van der Waals surface area (Å²) in [6, 6.07) is 0.706. The number of carbonyl (C=O) groups excluding carboxylic acids is 1. The van der Waals surface area contributed by atoms with E-state index < -0.39 is 6.17 Å². The standard InChI is InChI=1S/C29H45FN4OS/c1-20-13-26(33-24-9-7-23(30)8-10-24)22(16-31)14-25(20)29(15-21-5-3-2-4-6-21)11-12-34(18-29)28(35)27-17-36-19-32-27/h16-17,19-26,31,33H,2-15,18H2,1H3. The average molecular weight is 517 g/mol. The third-order valence-corrected chi connectivity index (χ3v) is 10.8. The number of halogens is 1. The lowest BCUT2D eigenvalue weighted by Gasteiger charge is -2.50. The van der Waals surface area contributed by atoms with Crippen molar-refractivity contribution in [1.82, 2.24) is 15.2 Å². The van der Waals surface area contributed by atoms with Gasteiger partial charge < -0.3 is 15.6 Å². The number of alkyl halides is 1. The fourth-order valence-corrected chi connectivity index (χ4v) is 8.84. The molecule has 7 heteroatoms. The molecule has 5 unspecified atom stereocenters. The lowest BCUT2D eigenvalue weighted by atomic mass is 9.57. The minimum absolute atomic E-state index is 0.0943. The number of hydrogen-bond donors (Lipinski definition) is 2. The maximum Gasteiger partial charge on any atom is 0.273 e. The predicted octanol–water partition coefficient (Wildman–Crippen LogP) is 6.50. The van der Waals surface area contributed by atoms with Crippen molar-refractivity contribution in [2.45, 2.75) is 109 Å². The first-order valence-electron chi connectivity index (χ1n) is 14.6. The number of carbonyl (C=O) groups is 1. The normalized spacial score (nSPS) is 38.2. The van der Waals surface area contributed by atoms with Gasteiger partial charge in [-0.3, -0.25) is 4.79 Å². The third-order valence-electron chi connectivity index (χ3n) is 10.2. The van der Waals surface area contributed by atoms with Crippen LogP contribution >= 0.6 is 11.3 Å². The van der Waals surface area contributed by atoms with E-state index in [9.17, 15) is 9.18 Å². The maximum atomic E-state index is 13.7. The molecule has 3 saturated carbocycles. The Morgan fingerprint density at radius 3 is 2.69 bits per heavy atom. The minimum Gasteiger partial charge on any atom is -0.337 e. The molecule has 3 aliphatic carbocycles. The third kappa shape index (κ3) is 5.72. The number of thiazole rings is 1.